The Morgan fingerprint density at radius 1 is 1.17 bits per heavy atom. The molecule has 0 saturated heterocycles. The van der Waals surface area contributed by atoms with Gasteiger partial charge in [-0.15, -0.1) is 0 Å². The summed E-state index contributed by atoms with van der Waals surface area (Å²) in [6.45, 7) is 6.73. The van der Waals surface area contributed by atoms with Crippen LogP contribution in [0.4, 0.5) is 4.39 Å². The van der Waals surface area contributed by atoms with E-state index in [9.17, 15) is 9.18 Å². The van der Waals surface area contributed by atoms with E-state index in [1.807, 2.05) is 45.0 Å². The quantitative estimate of drug-likeness (QED) is 0.810. The minimum atomic E-state index is -0.294. The summed E-state index contributed by atoms with van der Waals surface area (Å²) in [7, 11) is 0. The van der Waals surface area contributed by atoms with Gasteiger partial charge in [-0.1, -0.05) is 24.3 Å². The summed E-state index contributed by atoms with van der Waals surface area (Å²) in [4.78, 5) is 14.0. The Bertz CT molecular complexity index is 685. The van der Waals surface area contributed by atoms with Crippen LogP contribution in [0.25, 0.3) is 0 Å². The lowest BCUT2D eigenvalue weighted by Gasteiger charge is -2.21. The summed E-state index contributed by atoms with van der Waals surface area (Å²) < 4.78 is 18.9. The van der Waals surface area contributed by atoms with E-state index in [0.29, 0.717) is 13.1 Å². The van der Waals surface area contributed by atoms with Crippen molar-refractivity contribution in [3.8, 4) is 5.75 Å². The number of amides is 1. The molecule has 2 aromatic rings. The van der Waals surface area contributed by atoms with E-state index < -0.39 is 0 Å². The van der Waals surface area contributed by atoms with Gasteiger partial charge in [0.15, 0.2) is 6.61 Å². The maximum atomic E-state index is 13.2. The Morgan fingerprint density at radius 3 is 2.65 bits per heavy atom. The Hall–Kier alpha value is -2.36. The number of hydrogen-bond acceptors (Lipinski definition) is 2. The number of aryl methyl sites for hydroxylation is 2. The molecule has 4 heteroatoms. The normalized spacial score (nSPS) is 10.4. The molecule has 0 fully saturated rings. The van der Waals surface area contributed by atoms with Gasteiger partial charge in [-0.25, -0.2) is 4.39 Å². The van der Waals surface area contributed by atoms with Crippen molar-refractivity contribution < 1.29 is 13.9 Å². The van der Waals surface area contributed by atoms with E-state index in [2.05, 4.69) is 0 Å². The lowest BCUT2D eigenvalue weighted by atomic mass is 10.1. The molecule has 2 rings (SSSR count). The smallest absolute Gasteiger partial charge is 0.260 e. The molecule has 2 aromatic carbocycles. The van der Waals surface area contributed by atoms with Gasteiger partial charge in [0.05, 0.1) is 0 Å². The molecule has 23 heavy (non-hydrogen) atoms. The molecule has 0 spiro atoms. The summed E-state index contributed by atoms with van der Waals surface area (Å²) >= 11 is 0. The number of halogens is 1. The predicted molar refractivity (Wildman–Crippen MR) is 88.9 cm³/mol. The standard InChI is InChI=1S/C19H22FNO2/c1-4-21(12-16-6-5-7-17(20)11-16)19(22)13-23-18-10-14(2)8-9-15(18)3/h5-11H,4,12-13H2,1-3H3. The fraction of sp³-hybridized carbons (Fsp3) is 0.316. The Kier molecular flexibility index (Phi) is 5.74. The fourth-order valence-corrected chi connectivity index (χ4v) is 2.33. The van der Waals surface area contributed by atoms with Crippen LogP contribution >= 0.6 is 0 Å². The van der Waals surface area contributed by atoms with Gasteiger partial charge in [0, 0.05) is 13.1 Å². The number of rotatable bonds is 6. The van der Waals surface area contributed by atoms with Crippen LogP contribution in [0, 0.1) is 19.7 Å². The highest BCUT2D eigenvalue weighted by molar-refractivity contribution is 5.77. The van der Waals surface area contributed by atoms with Crippen molar-refractivity contribution >= 4 is 5.91 Å². The Morgan fingerprint density at radius 2 is 1.96 bits per heavy atom. The second-order valence-electron chi connectivity index (χ2n) is 5.60. The second-order valence-corrected chi connectivity index (χ2v) is 5.60. The lowest BCUT2D eigenvalue weighted by Crippen LogP contribution is -2.34. The van der Waals surface area contributed by atoms with E-state index in [1.165, 1.54) is 12.1 Å². The SMILES string of the molecule is CCN(Cc1cccc(F)c1)C(=O)COc1cc(C)ccc1C. The van der Waals surface area contributed by atoms with Crippen molar-refractivity contribution in [2.75, 3.05) is 13.2 Å². The van der Waals surface area contributed by atoms with Gasteiger partial charge < -0.3 is 9.64 Å². The molecule has 3 nitrogen and oxygen atoms in total. The molecule has 122 valence electrons. The fourth-order valence-electron chi connectivity index (χ4n) is 2.33. The third kappa shape index (κ3) is 4.81. The van der Waals surface area contributed by atoms with Crippen molar-refractivity contribution in [2.45, 2.75) is 27.3 Å². The third-order valence-corrected chi connectivity index (χ3v) is 3.69. The van der Waals surface area contributed by atoms with E-state index in [-0.39, 0.29) is 18.3 Å². The van der Waals surface area contributed by atoms with Crippen molar-refractivity contribution in [3.63, 3.8) is 0 Å². The minimum absolute atomic E-state index is 0.0204. The van der Waals surface area contributed by atoms with E-state index in [1.54, 1.807) is 11.0 Å². The summed E-state index contributed by atoms with van der Waals surface area (Å²) in [5, 5.41) is 0. The van der Waals surface area contributed by atoms with E-state index in [4.69, 9.17) is 4.74 Å². The zero-order valence-corrected chi connectivity index (χ0v) is 13.8. The number of carbonyl (C=O) groups excluding carboxylic acids is 1. The molecule has 0 N–H and O–H groups in total. The van der Waals surface area contributed by atoms with Gasteiger partial charge in [-0.05, 0) is 55.7 Å². The maximum Gasteiger partial charge on any atom is 0.260 e. The first-order valence-corrected chi connectivity index (χ1v) is 7.72. The van der Waals surface area contributed by atoms with Crippen molar-refractivity contribution in [1.29, 1.82) is 0 Å². The van der Waals surface area contributed by atoms with Crippen LogP contribution in [-0.2, 0) is 11.3 Å². The van der Waals surface area contributed by atoms with Gasteiger partial charge in [-0.3, -0.25) is 4.79 Å². The highest BCUT2D eigenvalue weighted by Crippen LogP contribution is 2.19. The molecular formula is C19H22FNO2. The van der Waals surface area contributed by atoms with Crippen LogP contribution < -0.4 is 4.74 Å². The van der Waals surface area contributed by atoms with Crippen LogP contribution in [0.15, 0.2) is 42.5 Å². The van der Waals surface area contributed by atoms with Crippen LogP contribution in [0.3, 0.4) is 0 Å². The minimum Gasteiger partial charge on any atom is -0.483 e. The third-order valence-electron chi connectivity index (χ3n) is 3.69. The summed E-state index contributed by atoms with van der Waals surface area (Å²) in [6.07, 6.45) is 0. The van der Waals surface area contributed by atoms with Crippen LogP contribution in [0.1, 0.15) is 23.6 Å². The summed E-state index contributed by atoms with van der Waals surface area (Å²) in [6, 6.07) is 12.2. The number of benzene rings is 2. The lowest BCUT2D eigenvalue weighted by molar-refractivity contribution is -0.133. The summed E-state index contributed by atoms with van der Waals surface area (Å²) in [5.41, 5.74) is 2.86. The molecule has 0 radical (unpaired) electrons. The van der Waals surface area contributed by atoms with Crippen LogP contribution in [-0.4, -0.2) is 24.0 Å². The van der Waals surface area contributed by atoms with Crippen molar-refractivity contribution in [1.82, 2.24) is 4.90 Å². The zero-order chi connectivity index (χ0) is 16.8. The number of nitrogens with zero attached hydrogens (tertiary/aromatic N) is 1. The molecule has 0 atom stereocenters. The molecule has 0 aliphatic carbocycles. The first-order valence-electron chi connectivity index (χ1n) is 7.72. The van der Waals surface area contributed by atoms with Gasteiger partial charge in [0.25, 0.3) is 5.91 Å². The molecule has 1 amide bonds. The highest BCUT2D eigenvalue weighted by atomic mass is 19.1. The first-order chi connectivity index (χ1) is 11.0. The number of likely N-dealkylation sites (N-methyl/N-ethyl adjacent to an activating group) is 1. The molecule has 0 saturated carbocycles. The molecule has 0 aliphatic heterocycles. The molecule has 0 aromatic heterocycles. The van der Waals surface area contributed by atoms with Crippen LogP contribution in [0.2, 0.25) is 0 Å². The summed E-state index contributed by atoms with van der Waals surface area (Å²) in [5.74, 6) is 0.315. The maximum absolute atomic E-state index is 13.2. The van der Waals surface area contributed by atoms with E-state index >= 15 is 0 Å². The van der Waals surface area contributed by atoms with Crippen molar-refractivity contribution in [2.24, 2.45) is 0 Å². The second kappa shape index (κ2) is 7.77. The topological polar surface area (TPSA) is 29.5 Å². The van der Waals surface area contributed by atoms with Gasteiger partial charge >= 0.3 is 0 Å². The molecule has 0 unspecified atom stereocenters. The average Bonchev–Trinajstić information content (AvgIpc) is 2.53. The Labute approximate surface area is 136 Å². The highest BCUT2D eigenvalue weighted by Gasteiger charge is 2.14. The number of ether oxygens (including phenoxy) is 1. The first kappa shape index (κ1) is 17.0. The average molecular weight is 315 g/mol. The molecule has 0 heterocycles. The van der Waals surface area contributed by atoms with Gasteiger partial charge in [0.1, 0.15) is 11.6 Å². The monoisotopic (exact) mass is 315 g/mol. The van der Waals surface area contributed by atoms with Crippen LogP contribution in [0.5, 0.6) is 5.75 Å². The largest absolute Gasteiger partial charge is 0.483 e. The van der Waals surface area contributed by atoms with Gasteiger partial charge in [-0.2, -0.15) is 0 Å². The number of hydrogen-bond donors (Lipinski definition) is 0. The van der Waals surface area contributed by atoms with Gasteiger partial charge in [0.2, 0.25) is 0 Å². The molecular weight excluding hydrogens is 293 g/mol. The molecule has 0 aliphatic rings. The van der Waals surface area contributed by atoms with Crippen molar-refractivity contribution in [3.05, 3.63) is 65.0 Å². The van der Waals surface area contributed by atoms with E-state index in [0.717, 1.165) is 22.4 Å². The molecule has 0 bridgehead atoms. The number of carbonyl (C=O) groups is 1. The predicted octanol–water partition coefficient (Wildman–Crippen LogP) is 3.87. The zero-order valence-electron chi connectivity index (χ0n) is 13.8. The Balaban J connectivity index is 1.98.